The number of sulfonamides is 1. The van der Waals surface area contributed by atoms with Gasteiger partial charge in [0.2, 0.25) is 10.0 Å². The molecule has 7 heteroatoms. The molecule has 1 N–H and O–H groups in total. The Kier molecular flexibility index (Phi) is 5.68. The quantitative estimate of drug-likeness (QED) is 0.747. The van der Waals surface area contributed by atoms with Crippen LogP contribution in [-0.4, -0.2) is 15.0 Å². The van der Waals surface area contributed by atoms with Crippen LogP contribution in [-0.2, 0) is 10.0 Å². The SMILES string of the molecule is O=S(=O)(NCC(Cl)c1ccccc1)c1ccc(Cl)c(Br)c1. The van der Waals surface area contributed by atoms with Crippen LogP contribution in [0, 0.1) is 0 Å². The maximum absolute atomic E-state index is 12.2. The monoisotopic (exact) mass is 407 g/mol. The topological polar surface area (TPSA) is 46.2 Å². The lowest BCUT2D eigenvalue weighted by Gasteiger charge is -2.12. The molecule has 0 aliphatic carbocycles. The zero-order valence-corrected chi connectivity index (χ0v) is 14.7. The molecule has 0 saturated heterocycles. The first-order valence-electron chi connectivity index (χ1n) is 6.04. The minimum absolute atomic E-state index is 0.105. The highest BCUT2D eigenvalue weighted by Crippen LogP contribution is 2.26. The maximum Gasteiger partial charge on any atom is 0.240 e. The van der Waals surface area contributed by atoms with E-state index in [-0.39, 0.29) is 11.4 Å². The van der Waals surface area contributed by atoms with Gasteiger partial charge in [0.1, 0.15) is 0 Å². The van der Waals surface area contributed by atoms with Gasteiger partial charge in [-0.05, 0) is 39.7 Å². The molecule has 0 bridgehead atoms. The van der Waals surface area contributed by atoms with Crippen LogP contribution < -0.4 is 4.72 Å². The molecule has 112 valence electrons. The molecule has 0 aliphatic heterocycles. The molecule has 0 aromatic heterocycles. The number of halogens is 3. The van der Waals surface area contributed by atoms with Crippen molar-refractivity contribution < 1.29 is 8.42 Å². The van der Waals surface area contributed by atoms with E-state index in [2.05, 4.69) is 20.7 Å². The van der Waals surface area contributed by atoms with Gasteiger partial charge in [-0.2, -0.15) is 0 Å². The van der Waals surface area contributed by atoms with Gasteiger partial charge in [-0.15, -0.1) is 11.6 Å². The Balaban J connectivity index is 2.09. The number of alkyl halides is 1. The summed E-state index contributed by atoms with van der Waals surface area (Å²) in [5.74, 6) is 0. The molecule has 2 aromatic rings. The summed E-state index contributed by atoms with van der Waals surface area (Å²) in [6.45, 7) is 0.105. The minimum atomic E-state index is -3.63. The highest BCUT2D eigenvalue weighted by molar-refractivity contribution is 9.10. The summed E-state index contributed by atoms with van der Waals surface area (Å²) in [5, 5.41) is 0.0187. The van der Waals surface area contributed by atoms with E-state index in [4.69, 9.17) is 23.2 Å². The first-order valence-corrected chi connectivity index (χ1v) is 9.13. The minimum Gasteiger partial charge on any atom is -0.209 e. The second kappa shape index (κ2) is 7.11. The molecule has 0 amide bonds. The van der Waals surface area contributed by atoms with E-state index in [0.717, 1.165) is 5.56 Å². The zero-order chi connectivity index (χ0) is 15.5. The molecule has 0 spiro atoms. The summed E-state index contributed by atoms with van der Waals surface area (Å²) in [7, 11) is -3.63. The second-order valence-corrected chi connectivity index (χ2v) is 7.86. The summed E-state index contributed by atoms with van der Waals surface area (Å²) in [6.07, 6.45) is 0. The largest absolute Gasteiger partial charge is 0.240 e. The number of hydrogen-bond acceptors (Lipinski definition) is 2. The zero-order valence-electron chi connectivity index (χ0n) is 10.8. The number of rotatable bonds is 5. The summed E-state index contributed by atoms with van der Waals surface area (Å²) < 4.78 is 27.4. The van der Waals surface area contributed by atoms with Gasteiger partial charge in [-0.3, -0.25) is 0 Å². The van der Waals surface area contributed by atoms with Crippen molar-refractivity contribution in [3.63, 3.8) is 0 Å². The third-order valence-electron chi connectivity index (χ3n) is 2.82. The summed E-state index contributed by atoms with van der Waals surface area (Å²) in [6, 6.07) is 13.7. The Morgan fingerprint density at radius 3 is 2.43 bits per heavy atom. The third-order valence-corrected chi connectivity index (χ3v) is 5.86. The van der Waals surface area contributed by atoms with E-state index in [9.17, 15) is 8.42 Å². The molecule has 0 heterocycles. The average Bonchev–Trinajstić information content (AvgIpc) is 2.48. The van der Waals surface area contributed by atoms with Crippen molar-refractivity contribution in [2.75, 3.05) is 6.54 Å². The lowest BCUT2D eigenvalue weighted by Crippen LogP contribution is -2.27. The van der Waals surface area contributed by atoms with Gasteiger partial charge < -0.3 is 0 Å². The lowest BCUT2D eigenvalue weighted by molar-refractivity contribution is 0.580. The van der Waals surface area contributed by atoms with E-state index < -0.39 is 15.4 Å². The van der Waals surface area contributed by atoms with Crippen molar-refractivity contribution >= 4 is 49.2 Å². The van der Waals surface area contributed by atoms with Gasteiger partial charge >= 0.3 is 0 Å². The Bertz CT molecular complexity index is 723. The predicted molar refractivity (Wildman–Crippen MR) is 89.4 cm³/mol. The molecule has 0 aliphatic rings. The summed E-state index contributed by atoms with van der Waals surface area (Å²) >= 11 is 15.3. The standard InChI is InChI=1S/C14H12BrCl2NO2S/c15-12-8-11(6-7-13(12)16)21(19,20)18-9-14(17)10-4-2-1-3-5-10/h1-8,14,18H,9H2. The van der Waals surface area contributed by atoms with Crippen LogP contribution in [0.4, 0.5) is 0 Å². The van der Waals surface area contributed by atoms with Crippen molar-refractivity contribution in [3.05, 3.63) is 63.6 Å². The molecule has 0 saturated carbocycles. The fraction of sp³-hybridized carbons (Fsp3) is 0.143. The Hall–Kier alpha value is -0.590. The summed E-state index contributed by atoms with van der Waals surface area (Å²) in [4.78, 5) is 0.135. The second-order valence-electron chi connectivity index (χ2n) is 4.31. The smallest absolute Gasteiger partial charge is 0.209 e. The first-order chi connectivity index (χ1) is 9.90. The first kappa shape index (κ1) is 16.8. The predicted octanol–water partition coefficient (Wildman–Crippen LogP) is 4.36. The van der Waals surface area contributed by atoms with Crippen LogP contribution in [0.15, 0.2) is 57.9 Å². The van der Waals surface area contributed by atoms with E-state index >= 15 is 0 Å². The highest BCUT2D eigenvalue weighted by Gasteiger charge is 2.17. The van der Waals surface area contributed by atoms with Gasteiger partial charge in [0.05, 0.1) is 15.3 Å². The summed E-state index contributed by atoms with van der Waals surface area (Å²) in [5.41, 5.74) is 0.860. The number of nitrogens with one attached hydrogen (secondary N) is 1. The van der Waals surface area contributed by atoms with Crippen molar-refractivity contribution in [1.29, 1.82) is 0 Å². The molecule has 1 unspecified atom stereocenters. The Morgan fingerprint density at radius 2 is 1.81 bits per heavy atom. The highest BCUT2D eigenvalue weighted by atomic mass is 79.9. The number of benzene rings is 2. The molecule has 21 heavy (non-hydrogen) atoms. The van der Waals surface area contributed by atoms with E-state index in [1.54, 1.807) is 0 Å². The Labute approximate surface area is 142 Å². The van der Waals surface area contributed by atoms with Gasteiger partial charge in [-0.25, -0.2) is 13.1 Å². The average molecular weight is 409 g/mol. The van der Waals surface area contributed by atoms with Gasteiger partial charge in [-0.1, -0.05) is 41.9 Å². The molecule has 2 aromatic carbocycles. The molecule has 0 radical (unpaired) electrons. The van der Waals surface area contributed by atoms with Crippen LogP contribution in [0.2, 0.25) is 5.02 Å². The molecule has 2 rings (SSSR count). The van der Waals surface area contributed by atoms with E-state index in [1.807, 2.05) is 30.3 Å². The van der Waals surface area contributed by atoms with Crippen LogP contribution in [0.1, 0.15) is 10.9 Å². The van der Waals surface area contributed by atoms with E-state index in [0.29, 0.717) is 9.50 Å². The van der Waals surface area contributed by atoms with Crippen LogP contribution >= 0.6 is 39.1 Å². The number of hydrogen-bond donors (Lipinski definition) is 1. The fourth-order valence-corrected chi connectivity index (χ4v) is 3.72. The van der Waals surface area contributed by atoms with Gasteiger partial charge in [0.25, 0.3) is 0 Å². The van der Waals surface area contributed by atoms with Crippen LogP contribution in [0.25, 0.3) is 0 Å². The van der Waals surface area contributed by atoms with Crippen molar-refractivity contribution in [2.45, 2.75) is 10.3 Å². The van der Waals surface area contributed by atoms with Crippen molar-refractivity contribution in [1.82, 2.24) is 4.72 Å². The van der Waals surface area contributed by atoms with E-state index in [1.165, 1.54) is 18.2 Å². The molecule has 1 atom stereocenters. The van der Waals surface area contributed by atoms with Crippen molar-refractivity contribution in [2.24, 2.45) is 0 Å². The lowest BCUT2D eigenvalue weighted by atomic mass is 10.1. The van der Waals surface area contributed by atoms with Crippen molar-refractivity contribution in [3.8, 4) is 0 Å². The molecular weight excluding hydrogens is 397 g/mol. The fourth-order valence-electron chi connectivity index (χ4n) is 1.69. The van der Waals surface area contributed by atoms with Gasteiger partial charge in [0.15, 0.2) is 0 Å². The van der Waals surface area contributed by atoms with Crippen LogP contribution in [0.5, 0.6) is 0 Å². The molecule has 3 nitrogen and oxygen atoms in total. The Morgan fingerprint density at radius 1 is 1.14 bits per heavy atom. The van der Waals surface area contributed by atoms with Gasteiger partial charge in [0, 0.05) is 11.0 Å². The normalized spacial score (nSPS) is 13.1. The molecule has 0 fully saturated rings. The molecular formula is C14H12BrCl2NO2S. The maximum atomic E-state index is 12.2. The van der Waals surface area contributed by atoms with Crippen LogP contribution in [0.3, 0.4) is 0 Å². The third kappa shape index (κ3) is 4.44.